The summed E-state index contributed by atoms with van der Waals surface area (Å²) in [5, 5.41) is 18.7. The van der Waals surface area contributed by atoms with Crippen LogP contribution in [0.2, 0.25) is 5.02 Å². The fourth-order valence-corrected chi connectivity index (χ4v) is 4.89. The molecule has 0 aliphatic heterocycles. The van der Waals surface area contributed by atoms with Crippen LogP contribution in [0, 0.1) is 0 Å². The number of rotatable bonds is 2. The van der Waals surface area contributed by atoms with E-state index in [9.17, 15) is 18.6 Å². The van der Waals surface area contributed by atoms with Crippen LogP contribution >= 0.6 is 11.6 Å². The van der Waals surface area contributed by atoms with Gasteiger partial charge in [0.2, 0.25) is 0 Å². The van der Waals surface area contributed by atoms with Crippen LogP contribution in [-0.4, -0.2) is 30.0 Å². The van der Waals surface area contributed by atoms with Gasteiger partial charge in [0.25, 0.3) is 0 Å². The first-order chi connectivity index (χ1) is 8.84. The third-order valence-corrected chi connectivity index (χ3v) is 6.15. The second-order valence-corrected chi connectivity index (χ2v) is 7.37. The van der Waals surface area contributed by atoms with Crippen molar-refractivity contribution >= 4 is 27.1 Å². The first kappa shape index (κ1) is 14.4. The summed E-state index contributed by atoms with van der Waals surface area (Å²) in [5.41, 5.74) is 5.49. The Morgan fingerprint density at radius 2 is 2.00 bits per heavy atom. The van der Waals surface area contributed by atoms with E-state index in [1.54, 1.807) is 0 Å². The molecule has 1 aromatic rings. The Hall–Kier alpha value is -0.980. The van der Waals surface area contributed by atoms with Crippen LogP contribution in [-0.2, 0) is 9.84 Å². The van der Waals surface area contributed by atoms with Crippen molar-refractivity contribution in [2.45, 2.75) is 41.9 Å². The molecule has 1 fully saturated rings. The van der Waals surface area contributed by atoms with Gasteiger partial charge in [-0.15, -0.1) is 0 Å². The predicted octanol–water partition coefficient (Wildman–Crippen LogP) is 1.71. The molecule has 0 spiro atoms. The lowest BCUT2D eigenvalue weighted by molar-refractivity contribution is 0.131. The number of anilines is 1. The number of phenols is 1. The number of halogens is 1. The maximum atomic E-state index is 12.5. The average molecular weight is 306 g/mol. The molecule has 2 unspecified atom stereocenters. The van der Waals surface area contributed by atoms with Crippen molar-refractivity contribution in [3.63, 3.8) is 0 Å². The number of hydrogen-bond acceptors (Lipinski definition) is 5. The Kier molecular flexibility index (Phi) is 3.94. The van der Waals surface area contributed by atoms with Crippen LogP contribution in [0.1, 0.15) is 25.7 Å². The molecule has 1 aliphatic carbocycles. The first-order valence-corrected chi connectivity index (χ1v) is 7.95. The second-order valence-electron chi connectivity index (χ2n) is 4.80. The molecule has 0 saturated heterocycles. The van der Waals surface area contributed by atoms with Gasteiger partial charge in [0.15, 0.2) is 15.6 Å². The van der Waals surface area contributed by atoms with Crippen molar-refractivity contribution in [3.8, 4) is 5.75 Å². The topological polar surface area (TPSA) is 101 Å². The molecule has 1 aliphatic rings. The molecule has 2 rings (SSSR count). The molecule has 0 amide bonds. The summed E-state index contributed by atoms with van der Waals surface area (Å²) in [5.74, 6) is -0.507. The summed E-state index contributed by atoms with van der Waals surface area (Å²) in [4.78, 5) is -0.326. The minimum atomic E-state index is -3.80. The number of benzene rings is 1. The summed E-state index contributed by atoms with van der Waals surface area (Å²) in [6.07, 6.45) is 1.21. The van der Waals surface area contributed by atoms with Gasteiger partial charge in [-0.05, 0) is 37.8 Å². The molecule has 0 heterocycles. The Morgan fingerprint density at radius 3 is 2.63 bits per heavy atom. The number of phenolic OH excluding ortho intramolecular Hbond substituents is 1. The summed E-state index contributed by atoms with van der Waals surface area (Å²) >= 11 is 5.88. The average Bonchev–Trinajstić information content (AvgIpc) is 2.34. The van der Waals surface area contributed by atoms with Gasteiger partial charge in [0.1, 0.15) is 4.90 Å². The minimum Gasteiger partial charge on any atom is -0.504 e. The van der Waals surface area contributed by atoms with E-state index in [2.05, 4.69) is 0 Å². The van der Waals surface area contributed by atoms with Crippen molar-refractivity contribution in [2.75, 3.05) is 5.73 Å². The largest absolute Gasteiger partial charge is 0.504 e. The maximum absolute atomic E-state index is 12.5. The standard InChI is InChI=1S/C12H16ClNO4S/c13-9-4-5-10(14)11(16)12(9)19(17,18)8-3-1-2-7(15)6-8/h4-5,7-8,15-16H,1-3,6,14H2. The normalized spacial score (nSPS) is 24.3. The van der Waals surface area contributed by atoms with E-state index in [-0.39, 0.29) is 22.0 Å². The van der Waals surface area contributed by atoms with E-state index in [1.165, 1.54) is 12.1 Å². The fraction of sp³-hybridized carbons (Fsp3) is 0.500. The van der Waals surface area contributed by atoms with E-state index in [4.69, 9.17) is 17.3 Å². The number of aliphatic hydroxyl groups is 1. The molecule has 1 saturated carbocycles. The number of aromatic hydroxyl groups is 1. The lowest BCUT2D eigenvalue weighted by atomic mass is 9.97. The number of aliphatic hydroxyl groups excluding tert-OH is 1. The fourth-order valence-electron chi connectivity index (χ4n) is 2.40. The van der Waals surface area contributed by atoms with E-state index in [1.807, 2.05) is 0 Å². The van der Waals surface area contributed by atoms with Crippen LogP contribution < -0.4 is 5.73 Å². The van der Waals surface area contributed by atoms with Gasteiger partial charge in [-0.1, -0.05) is 11.6 Å². The van der Waals surface area contributed by atoms with Gasteiger partial charge >= 0.3 is 0 Å². The second kappa shape index (κ2) is 5.19. The highest BCUT2D eigenvalue weighted by Crippen LogP contribution is 2.39. The SMILES string of the molecule is Nc1ccc(Cl)c(S(=O)(=O)C2CCCC(O)C2)c1O. The van der Waals surface area contributed by atoms with E-state index >= 15 is 0 Å². The molecule has 7 heteroatoms. The van der Waals surface area contributed by atoms with E-state index in [0.29, 0.717) is 19.3 Å². The highest BCUT2D eigenvalue weighted by atomic mass is 35.5. The molecule has 106 valence electrons. The number of hydrogen-bond donors (Lipinski definition) is 3. The monoisotopic (exact) mass is 305 g/mol. The van der Waals surface area contributed by atoms with Gasteiger partial charge in [0.05, 0.1) is 22.1 Å². The van der Waals surface area contributed by atoms with Gasteiger partial charge in [-0.3, -0.25) is 0 Å². The van der Waals surface area contributed by atoms with Crippen LogP contribution in [0.4, 0.5) is 5.69 Å². The molecule has 4 N–H and O–H groups in total. The summed E-state index contributed by atoms with van der Waals surface area (Å²) < 4.78 is 25.0. The van der Waals surface area contributed by atoms with Gasteiger partial charge in [0, 0.05) is 0 Å². The lowest BCUT2D eigenvalue weighted by Crippen LogP contribution is -2.31. The summed E-state index contributed by atoms with van der Waals surface area (Å²) in [6, 6.07) is 2.70. The lowest BCUT2D eigenvalue weighted by Gasteiger charge is -2.26. The van der Waals surface area contributed by atoms with Crippen molar-refractivity contribution in [2.24, 2.45) is 0 Å². The molecular formula is C12H16ClNO4S. The smallest absolute Gasteiger partial charge is 0.186 e. The Labute approximate surface area is 116 Å². The molecule has 5 nitrogen and oxygen atoms in total. The van der Waals surface area contributed by atoms with E-state index in [0.717, 1.165) is 0 Å². The minimum absolute atomic E-state index is 0.0284. The predicted molar refractivity (Wildman–Crippen MR) is 73.0 cm³/mol. The van der Waals surface area contributed by atoms with Crippen LogP contribution in [0.15, 0.2) is 17.0 Å². The zero-order valence-electron chi connectivity index (χ0n) is 10.2. The molecular weight excluding hydrogens is 290 g/mol. The molecule has 0 radical (unpaired) electrons. The summed E-state index contributed by atoms with van der Waals surface area (Å²) in [7, 11) is -3.80. The first-order valence-electron chi connectivity index (χ1n) is 6.03. The number of nitrogens with two attached hydrogens (primary N) is 1. The van der Waals surface area contributed by atoms with Crippen LogP contribution in [0.3, 0.4) is 0 Å². The van der Waals surface area contributed by atoms with Crippen molar-refractivity contribution in [1.29, 1.82) is 0 Å². The quantitative estimate of drug-likeness (QED) is 0.570. The Morgan fingerprint density at radius 1 is 1.32 bits per heavy atom. The Bertz CT molecular complexity index is 588. The van der Waals surface area contributed by atoms with Crippen molar-refractivity contribution in [3.05, 3.63) is 17.2 Å². The zero-order valence-corrected chi connectivity index (χ0v) is 11.8. The molecule has 0 aromatic heterocycles. The molecule has 19 heavy (non-hydrogen) atoms. The molecule has 1 aromatic carbocycles. The number of sulfone groups is 1. The Balaban J connectivity index is 2.48. The van der Waals surface area contributed by atoms with Crippen LogP contribution in [0.25, 0.3) is 0 Å². The highest BCUT2D eigenvalue weighted by molar-refractivity contribution is 7.92. The zero-order chi connectivity index (χ0) is 14.2. The third-order valence-electron chi connectivity index (χ3n) is 3.44. The highest BCUT2D eigenvalue weighted by Gasteiger charge is 2.35. The van der Waals surface area contributed by atoms with Gasteiger partial charge in [-0.2, -0.15) is 0 Å². The third kappa shape index (κ3) is 2.66. The van der Waals surface area contributed by atoms with Gasteiger partial charge in [-0.25, -0.2) is 8.42 Å². The van der Waals surface area contributed by atoms with Crippen molar-refractivity contribution < 1.29 is 18.6 Å². The number of nitrogen functional groups attached to an aromatic ring is 1. The maximum Gasteiger partial charge on any atom is 0.186 e. The summed E-state index contributed by atoms with van der Waals surface area (Å²) in [6.45, 7) is 0. The van der Waals surface area contributed by atoms with Gasteiger partial charge < -0.3 is 15.9 Å². The molecule has 0 bridgehead atoms. The van der Waals surface area contributed by atoms with E-state index < -0.39 is 26.9 Å². The van der Waals surface area contributed by atoms with Crippen molar-refractivity contribution in [1.82, 2.24) is 0 Å². The molecule has 2 atom stereocenters. The van der Waals surface area contributed by atoms with Crippen LogP contribution in [0.5, 0.6) is 5.75 Å².